The molecule has 0 bridgehead atoms. The first-order valence-corrected chi connectivity index (χ1v) is 5.11. The Morgan fingerprint density at radius 3 is 2.06 bits per heavy atom. The summed E-state index contributed by atoms with van der Waals surface area (Å²) < 4.78 is 0. The lowest BCUT2D eigenvalue weighted by Gasteiger charge is -2.27. The molecule has 1 heteroatoms. The molecular formula is C15H14O. The molecule has 80 valence electrons. The first-order chi connectivity index (χ1) is 7.67. The Morgan fingerprint density at radius 1 is 1.19 bits per heavy atom. The average Bonchev–Trinajstić information content (AvgIpc) is 2.29. The van der Waals surface area contributed by atoms with Gasteiger partial charge in [-0.15, -0.1) is 24.7 Å². The van der Waals surface area contributed by atoms with E-state index in [9.17, 15) is 4.79 Å². The minimum atomic E-state index is -0.717. The third kappa shape index (κ3) is 2.15. The lowest BCUT2D eigenvalue weighted by molar-refractivity contribution is -0.122. The summed E-state index contributed by atoms with van der Waals surface area (Å²) in [7, 11) is 0. The number of ketones is 1. The maximum atomic E-state index is 11.9. The van der Waals surface area contributed by atoms with Crippen LogP contribution in [0, 0.1) is 24.7 Å². The predicted molar refractivity (Wildman–Crippen MR) is 65.7 cm³/mol. The van der Waals surface area contributed by atoms with Crippen molar-refractivity contribution in [3.63, 3.8) is 0 Å². The van der Waals surface area contributed by atoms with Crippen LogP contribution in [-0.4, -0.2) is 5.78 Å². The summed E-state index contributed by atoms with van der Waals surface area (Å²) in [5.74, 6) is 5.14. The number of benzene rings is 1. The molecule has 0 unspecified atom stereocenters. The average molecular weight is 210 g/mol. The summed E-state index contributed by atoms with van der Waals surface area (Å²) in [6.07, 6.45) is 11.4. The van der Waals surface area contributed by atoms with Crippen molar-refractivity contribution in [2.24, 2.45) is 0 Å². The smallest absolute Gasteiger partial charge is 0.142 e. The third-order valence-corrected chi connectivity index (χ3v) is 2.81. The molecule has 1 nitrogen and oxygen atoms in total. The summed E-state index contributed by atoms with van der Waals surface area (Å²) in [5, 5.41) is 0. The SMILES string of the molecule is C#CCC(CC#C)(C(C)=O)c1ccccc1. The van der Waals surface area contributed by atoms with E-state index in [0.29, 0.717) is 12.8 Å². The van der Waals surface area contributed by atoms with Crippen molar-refractivity contribution >= 4 is 5.78 Å². The van der Waals surface area contributed by atoms with Gasteiger partial charge in [0.05, 0.1) is 5.41 Å². The van der Waals surface area contributed by atoms with Crippen LogP contribution in [0.2, 0.25) is 0 Å². The van der Waals surface area contributed by atoms with Crippen LogP contribution >= 0.6 is 0 Å². The van der Waals surface area contributed by atoms with Gasteiger partial charge in [-0.2, -0.15) is 0 Å². The molecular weight excluding hydrogens is 196 g/mol. The van der Waals surface area contributed by atoms with Crippen molar-refractivity contribution in [2.75, 3.05) is 0 Å². The van der Waals surface area contributed by atoms with Gasteiger partial charge in [-0.25, -0.2) is 0 Å². The van der Waals surface area contributed by atoms with E-state index < -0.39 is 5.41 Å². The molecule has 16 heavy (non-hydrogen) atoms. The fourth-order valence-electron chi connectivity index (χ4n) is 1.82. The highest BCUT2D eigenvalue weighted by molar-refractivity contribution is 5.88. The summed E-state index contributed by atoms with van der Waals surface area (Å²) >= 11 is 0. The molecule has 0 N–H and O–H groups in total. The van der Waals surface area contributed by atoms with Gasteiger partial charge >= 0.3 is 0 Å². The Hall–Kier alpha value is -1.99. The molecule has 0 aliphatic rings. The van der Waals surface area contributed by atoms with E-state index in [-0.39, 0.29) is 5.78 Å². The molecule has 0 aliphatic carbocycles. The number of carbonyl (C=O) groups is 1. The molecule has 0 radical (unpaired) electrons. The standard InChI is InChI=1S/C15H14O/c1-4-11-15(12-5-2,13(3)16)14-9-7-6-8-10-14/h1-2,6-10H,11-12H2,3H3. The van der Waals surface area contributed by atoms with Crippen LogP contribution < -0.4 is 0 Å². The molecule has 0 aromatic heterocycles. The summed E-state index contributed by atoms with van der Waals surface area (Å²) in [4.78, 5) is 11.9. The van der Waals surface area contributed by atoms with E-state index in [1.54, 1.807) is 6.92 Å². The van der Waals surface area contributed by atoms with Crippen LogP contribution in [0.25, 0.3) is 0 Å². The van der Waals surface area contributed by atoms with E-state index in [4.69, 9.17) is 12.8 Å². The number of terminal acetylenes is 2. The van der Waals surface area contributed by atoms with Crippen LogP contribution in [-0.2, 0) is 10.2 Å². The highest BCUT2D eigenvalue weighted by Crippen LogP contribution is 2.32. The van der Waals surface area contributed by atoms with Gasteiger partial charge in [0.25, 0.3) is 0 Å². The van der Waals surface area contributed by atoms with Gasteiger partial charge in [-0.1, -0.05) is 30.3 Å². The largest absolute Gasteiger partial charge is 0.299 e. The summed E-state index contributed by atoms with van der Waals surface area (Å²) in [5.41, 5.74) is 0.184. The molecule has 0 atom stereocenters. The third-order valence-electron chi connectivity index (χ3n) is 2.81. The van der Waals surface area contributed by atoms with E-state index in [2.05, 4.69) is 11.8 Å². The molecule has 0 saturated heterocycles. The van der Waals surface area contributed by atoms with Crippen LogP contribution in [0.3, 0.4) is 0 Å². The molecule has 0 aliphatic heterocycles. The number of carbonyl (C=O) groups excluding carboxylic acids is 1. The molecule has 0 amide bonds. The Balaban J connectivity index is 3.29. The Bertz CT molecular complexity index is 427. The van der Waals surface area contributed by atoms with E-state index in [0.717, 1.165) is 5.56 Å². The van der Waals surface area contributed by atoms with Crippen molar-refractivity contribution in [1.29, 1.82) is 0 Å². The quantitative estimate of drug-likeness (QED) is 0.698. The first-order valence-electron chi connectivity index (χ1n) is 5.11. The molecule has 0 spiro atoms. The number of hydrogen-bond donors (Lipinski definition) is 0. The van der Waals surface area contributed by atoms with E-state index in [1.165, 1.54) is 0 Å². The van der Waals surface area contributed by atoms with E-state index >= 15 is 0 Å². The van der Waals surface area contributed by atoms with Gasteiger partial charge in [-0.05, 0) is 12.5 Å². The van der Waals surface area contributed by atoms with Crippen molar-refractivity contribution in [3.8, 4) is 24.7 Å². The van der Waals surface area contributed by atoms with Crippen molar-refractivity contribution in [2.45, 2.75) is 25.2 Å². The highest BCUT2D eigenvalue weighted by atomic mass is 16.1. The zero-order chi connectivity index (χ0) is 12.0. The normalized spacial score (nSPS) is 10.2. The second kappa shape index (κ2) is 5.19. The second-order valence-electron chi connectivity index (χ2n) is 3.77. The number of Topliss-reactive ketones (excluding diaryl/α,β-unsaturated/α-hetero) is 1. The van der Waals surface area contributed by atoms with Crippen LogP contribution in [0.4, 0.5) is 0 Å². The van der Waals surface area contributed by atoms with Crippen LogP contribution in [0.5, 0.6) is 0 Å². The van der Waals surface area contributed by atoms with Gasteiger partial charge in [-0.3, -0.25) is 4.79 Å². The van der Waals surface area contributed by atoms with Gasteiger partial charge in [0.15, 0.2) is 0 Å². The molecule has 0 saturated carbocycles. The predicted octanol–water partition coefficient (Wildman–Crippen LogP) is 2.56. The second-order valence-corrected chi connectivity index (χ2v) is 3.77. The van der Waals surface area contributed by atoms with E-state index in [1.807, 2.05) is 30.3 Å². The topological polar surface area (TPSA) is 17.1 Å². The first kappa shape index (κ1) is 12.1. The van der Waals surface area contributed by atoms with Gasteiger partial charge in [0.2, 0.25) is 0 Å². The molecule has 0 fully saturated rings. The monoisotopic (exact) mass is 210 g/mol. The fraction of sp³-hybridized carbons (Fsp3) is 0.267. The molecule has 1 rings (SSSR count). The minimum Gasteiger partial charge on any atom is -0.299 e. The lowest BCUT2D eigenvalue weighted by atomic mass is 9.72. The summed E-state index contributed by atoms with van der Waals surface area (Å²) in [6, 6.07) is 9.48. The van der Waals surface area contributed by atoms with Crippen molar-refractivity contribution < 1.29 is 4.79 Å². The van der Waals surface area contributed by atoms with Crippen molar-refractivity contribution in [3.05, 3.63) is 35.9 Å². The van der Waals surface area contributed by atoms with Crippen LogP contribution in [0.15, 0.2) is 30.3 Å². The lowest BCUT2D eigenvalue weighted by Crippen LogP contribution is -2.33. The number of rotatable bonds is 4. The minimum absolute atomic E-state index is 0.0228. The Kier molecular flexibility index (Phi) is 3.92. The molecule has 1 aromatic carbocycles. The van der Waals surface area contributed by atoms with Crippen LogP contribution in [0.1, 0.15) is 25.3 Å². The van der Waals surface area contributed by atoms with Gasteiger partial charge in [0, 0.05) is 12.8 Å². The molecule has 1 aromatic rings. The Morgan fingerprint density at radius 2 is 1.69 bits per heavy atom. The Labute approximate surface area is 96.9 Å². The maximum Gasteiger partial charge on any atom is 0.142 e. The van der Waals surface area contributed by atoms with Crippen molar-refractivity contribution in [1.82, 2.24) is 0 Å². The molecule has 0 heterocycles. The maximum absolute atomic E-state index is 11.9. The summed E-state index contributed by atoms with van der Waals surface area (Å²) in [6.45, 7) is 1.54. The fourth-order valence-corrected chi connectivity index (χ4v) is 1.82. The highest BCUT2D eigenvalue weighted by Gasteiger charge is 2.35. The number of hydrogen-bond acceptors (Lipinski definition) is 1. The van der Waals surface area contributed by atoms with Gasteiger partial charge in [0.1, 0.15) is 5.78 Å². The zero-order valence-corrected chi connectivity index (χ0v) is 9.36. The zero-order valence-electron chi connectivity index (χ0n) is 9.36. The van der Waals surface area contributed by atoms with Gasteiger partial charge < -0.3 is 0 Å².